The molecular weight excluding hydrogens is 424 g/mol. The van der Waals surface area contributed by atoms with Crippen molar-refractivity contribution in [3.8, 4) is 0 Å². The predicted molar refractivity (Wildman–Crippen MR) is 121 cm³/mol. The van der Waals surface area contributed by atoms with Gasteiger partial charge in [-0.1, -0.05) is 31.5 Å². The van der Waals surface area contributed by atoms with Gasteiger partial charge in [-0.3, -0.25) is 9.69 Å². The third-order valence-corrected chi connectivity index (χ3v) is 10.5. The molecule has 0 radical (unpaired) electrons. The van der Waals surface area contributed by atoms with Crippen molar-refractivity contribution in [1.82, 2.24) is 9.21 Å². The molecule has 0 N–H and O–H groups in total. The van der Waals surface area contributed by atoms with Crippen molar-refractivity contribution in [1.29, 1.82) is 0 Å². The lowest BCUT2D eigenvalue weighted by Gasteiger charge is -2.59. The molecule has 3 amide bonds. The predicted octanol–water partition coefficient (Wildman–Crippen LogP) is 4.58. The molecule has 0 aromatic heterocycles. The number of carbonyl (C=O) groups excluding carboxylic acids is 2. The molecular formula is C25H34N2O4S. The first-order valence-corrected chi connectivity index (χ1v) is 13.5. The van der Waals surface area contributed by atoms with Crippen LogP contribution < -0.4 is 0 Å². The zero-order chi connectivity index (χ0) is 22.8. The highest BCUT2D eigenvalue weighted by atomic mass is 32.2. The molecule has 0 unspecified atom stereocenters. The lowest BCUT2D eigenvalue weighted by Crippen LogP contribution is -2.58. The number of benzene rings is 1. The first-order valence-electron chi connectivity index (χ1n) is 12.1. The van der Waals surface area contributed by atoms with E-state index >= 15 is 0 Å². The normalized spacial score (nSPS) is 34.9. The van der Waals surface area contributed by atoms with Gasteiger partial charge in [0.2, 0.25) is 5.91 Å². The number of amides is 3. The monoisotopic (exact) mass is 458 g/mol. The van der Waals surface area contributed by atoms with Crippen molar-refractivity contribution >= 4 is 22.0 Å². The summed E-state index contributed by atoms with van der Waals surface area (Å²) in [6.45, 7) is 5.75. The number of aryl methyl sites for hydroxylation is 1. The minimum absolute atomic E-state index is 0.0867. The van der Waals surface area contributed by atoms with Crippen molar-refractivity contribution < 1.29 is 18.0 Å². The lowest BCUT2D eigenvalue weighted by molar-refractivity contribution is -0.141. The van der Waals surface area contributed by atoms with E-state index in [1.165, 1.54) is 24.2 Å². The molecule has 1 saturated heterocycles. The van der Waals surface area contributed by atoms with E-state index in [0.717, 1.165) is 29.1 Å². The summed E-state index contributed by atoms with van der Waals surface area (Å²) in [6.07, 6.45) is 7.43. The minimum atomic E-state index is -4.02. The van der Waals surface area contributed by atoms with Crippen LogP contribution in [0, 0.1) is 36.0 Å². The Hall–Kier alpha value is -1.89. The SMILES string of the molecule is CC[C@@H](C)C(=O)N1C(=O)N(S(=O)(=O)c2ccc(C)cc2)C[C@H]1C12CC3CC(CC(C3)C1)C2. The number of hydrogen-bond donors (Lipinski definition) is 0. The highest BCUT2D eigenvalue weighted by Gasteiger charge is 2.61. The molecule has 32 heavy (non-hydrogen) atoms. The molecule has 6 nitrogen and oxygen atoms in total. The van der Waals surface area contributed by atoms with Gasteiger partial charge in [0, 0.05) is 5.92 Å². The van der Waals surface area contributed by atoms with Crippen LogP contribution in [0.1, 0.15) is 64.4 Å². The Morgan fingerprint density at radius 3 is 2.09 bits per heavy atom. The van der Waals surface area contributed by atoms with Crippen LogP contribution in [-0.2, 0) is 14.8 Å². The largest absolute Gasteiger partial charge is 0.341 e. The van der Waals surface area contributed by atoms with Crippen LogP contribution in [0.3, 0.4) is 0 Å². The third kappa shape index (κ3) is 3.30. The number of sulfonamides is 1. The van der Waals surface area contributed by atoms with Gasteiger partial charge in [-0.05, 0) is 87.2 Å². The minimum Gasteiger partial charge on any atom is -0.274 e. The summed E-state index contributed by atoms with van der Waals surface area (Å²) in [6, 6.07) is 5.58. The second kappa shape index (κ2) is 7.57. The number of hydrogen-bond acceptors (Lipinski definition) is 4. The molecule has 1 aromatic carbocycles. The van der Waals surface area contributed by atoms with Gasteiger partial charge in [-0.2, -0.15) is 0 Å². The van der Waals surface area contributed by atoms with Crippen LogP contribution in [0.25, 0.3) is 0 Å². The molecule has 5 aliphatic rings. The fourth-order valence-corrected chi connectivity index (χ4v) is 8.69. The van der Waals surface area contributed by atoms with E-state index in [2.05, 4.69) is 0 Å². The van der Waals surface area contributed by atoms with Gasteiger partial charge in [0.05, 0.1) is 17.5 Å². The summed E-state index contributed by atoms with van der Waals surface area (Å²) in [5, 5.41) is 0. The highest BCUT2D eigenvalue weighted by Crippen LogP contribution is 2.62. The number of urea groups is 1. The standard InChI is InChI=1S/C25H34N2O4S/c1-4-17(3)23(28)27-22(25-12-18-9-19(13-25)11-20(10-18)14-25)15-26(24(27)29)32(30,31)21-7-5-16(2)6-8-21/h5-8,17-20,22H,4,9-15H2,1-3H3/t17-,18?,19?,20?,22+,25?/m1/s1. The van der Waals surface area contributed by atoms with Gasteiger partial charge in [0.1, 0.15) is 0 Å². The van der Waals surface area contributed by atoms with E-state index in [-0.39, 0.29) is 34.7 Å². The molecule has 5 fully saturated rings. The van der Waals surface area contributed by atoms with E-state index in [9.17, 15) is 18.0 Å². The maximum Gasteiger partial charge on any atom is 0.341 e. The maximum absolute atomic E-state index is 13.6. The van der Waals surface area contributed by atoms with E-state index < -0.39 is 16.1 Å². The number of carbonyl (C=O) groups is 2. The molecule has 1 aliphatic heterocycles. The summed E-state index contributed by atoms with van der Waals surface area (Å²) in [4.78, 5) is 28.5. The van der Waals surface area contributed by atoms with Crippen molar-refractivity contribution in [3.63, 3.8) is 0 Å². The van der Waals surface area contributed by atoms with Gasteiger partial charge >= 0.3 is 6.03 Å². The Kier molecular flexibility index (Phi) is 5.19. The molecule has 2 atom stereocenters. The Morgan fingerprint density at radius 1 is 1.06 bits per heavy atom. The van der Waals surface area contributed by atoms with Gasteiger partial charge in [-0.25, -0.2) is 17.5 Å². The zero-order valence-electron chi connectivity index (χ0n) is 19.3. The third-order valence-electron chi connectivity index (χ3n) is 8.74. The number of imide groups is 1. The molecule has 174 valence electrons. The van der Waals surface area contributed by atoms with Crippen molar-refractivity contribution in [2.75, 3.05) is 6.54 Å². The first-order chi connectivity index (χ1) is 15.1. The van der Waals surface area contributed by atoms with Crippen LogP contribution in [0.15, 0.2) is 29.2 Å². The maximum atomic E-state index is 13.6. The van der Waals surface area contributed by atoms with Crippen LogP contribution in [0.5, 0.6) is 0 Å². The second-order valence-corrected chi connectivity index (χ2v) is 12.8. The van der Waals surface area contributed by atoms with Gasteiger partial charge < -0.3 is 0 Å². The highest BCUT2D eigenvalue weighted by molar-refractivity contribution is 7.89. The Bertz CT molecular complexity index is 997. The summed E-state index contributed by atoms with van der Waals surface area (Å²) in [5.41, 5.74) is 0.821. The summed E-state index contributed by atoms with van der Waals surface area (Å²) < 4.78 is 28.0. The van der Waals surface area contributed by atoms with Crippen molar-refractivity contribution in [2.24, 2.45) is 29.1 Å². The first kappa shape index (κ1) is 21.9. The molecule has 4 saturated carbocycles. The van der Waals surface area contributed by atoms with E-state index in [1.54, 1.807) is 24.3 Å². The summed E-state index contributed by atoms with van der Waals surface area (Å²) in [7, 11) is -4.02. The molecule has 4 bridgehead atoms. The molecule has 1 heterocycles. The topological polar surface area (TPSA) is 74.8 Å². The van der Waals surface area contributed by atoms with E-state index in [4.69, 9.17) is 0 Å². The number of nitrogens with zero attached hydrogens (tertiary/aromatic N) is 2. The fourth-order valence-electron chi connectivity index (χ4n) is 7.32. The lowest BCUT2D eigenvalue weighted by atomic mass is 9.47. The van der Waals surface area contributed by atoms with Gasteiger partial charge in [-0.15, -0.1) is 0 Å². The average molecular weight is 459 g/mol. The molecule has 6 rings (SSSR count). The van der Waals surface area contributed by atoms with Crippen LogP contribution >= 0.6 is 0 Å². The average Bonchev–Trinajstić information content (AvgIpc) is 3.10. The van der Waals surface area contributed by atoms with Crippen LogP contribution in [0.2, 0.25) is 0 Å². The van der Waals surface area contributed by atoms with Gasteiger partial charge in [0.25, 0.3) is 10.0 Å². The molecule has 1 aromatic rings. The Labute approximate surface area is 191 Å². The van der Waals surface area contributed by atoms with Crippen LogP contribution in [-0.4, -0.2) is 42.1 Å². The quantitative estimate of drug-likeness (QED) is 0.647. The zero-order valence-corrected chi connectivity index (χ0v) is 20.1. The Balaban J connectivity index is 1.54. The summed E-state index contributed by atoms with van der Waals surface area (Å²) >= 11 is 0. The second-order valence-electron chi connectivity index (χ2n) is 10.9. The van der Waals surface area contributed by atoms with Crippen LogP contribution in [0.4, 0.5) is 4.79 Å². The van der Waals surface area contributed by atoms with Crippen molar-refractivity contribution in [2.45, 2.75) is 76.7 Å². The van der Waals surface area contributed by atoms with Gasteiger partial charge in [0.15, 0.2) is 0 Å². The summed E-state index contributed by atoms with van der Waals surface area (Å²) in [5.74, 6) is 1.43. The molecule has 0 spiro atoms. The molecule has 4 aliphatic carbocycles. The molecule has 7 heteroatoms. The van der Waals surface area contributed by atoms with E-state index in [1.807, 2.05) is 20.8 Å². The van der Waals surface area contributed by atoms with Crippen molar-refractivity contribution in [3.05, 3.63) is 29.8 Å². The fraction of sp³-hybridized carbons (Fsp3) is 0.680. The van der Waals surface area contributed by atoms with E-state index in [0.29, 0.717) is 24.2 Å². The Morgan fingerprint density at radius 2 is 1.59 bits per heavy atom. The smallest absolute Gasteiger partial charge is 0.274 e. The number of rotatable bonds is 5.